The predicted octanol–water partition coefficient (Wildman–Crippen LogP) is 4.21. The van der Waals surface area contributed by atoms with E-state index >= 15 is 0 Å². The van der Waals surface area contributed by atoms with Crippen LogP contribution in [0.2, 0.25) is 0 Å². The third kappa shape index (κ3) is 3.16. The van der Waals surface area contributed by atoms with Crippen molar-refractivity contribution in [2.75, 3.05) is 17.9 Å². The number of nitrogens with zero attached hydrogens (tertiary/aromatic N) is 1. The summed E-state index contributed by atoms with van der Waals surface area (Å²) in [4.78, 5) is 0. The van der Waals surface area contributed by atoms with E-state index in [0.29, 0.717) is 17.9 Å². The van der Waals surface area contributed by atoms with Crippen molar-refractivity contribution < 1.29 is 13.8 Å². The minimum atomic E-state index is -3.13. The molecule has 5 nitrogen and oxygen atoms in total. The molecule has 2 aromatic carbocycles. The quantitative estimate of drug-likeness (QED) is 0.715. The monoisotopic (exact) mass is 334 g/mol. The van der Waals surface area contributed by atoms with Gasteiger partial charge in [0.15, 0.2) is 0 Å². The van der Waals surface area contributed by atoms with Crippen LogP contribution in [0.1, 0.15) is 12.8 Å². The summed E-state index contributed by atoms with van der Waals surface area (Å²) in [6.45, 7) is 0.808. The summed E-state index contributed by atoms with van der Waals surface area (Å²) in [6, 6.07) is 16.9. The van der Waals surface area contributed by atoms with Crippen molar-refractivity contribution >= 4 is 22.2 Å². The second-order valence-corrected chi connectivity index (χ2v) is 7.47. The Labute approximate surface area is 138 Å². The molecule has 2 aromatic rings. The van der Waals surface area contributed by atoms with Gasteiger partial charge in [0.05, 0.1) is 5.69 Å². The zero-order valence-corrected chi connectivity index (χ0v) is 13.9. The molecule has 0 amide bonds. The summed E-state index contributed by atoms with van der Waals surface area (Å²) >= 11 is 0. The Balaban J connectivity index is 2.00. The van der Waals surface area contributed by atoms with Gasteiger partial charge in [0, 0.05) is 6.42 Å². The van der Waals surface area contributed by atoms with Crippen molar-refractivity contribution in [2.45, 2.75) is 18.3 Å². The number of anilines is 2. The predicted molar refractivity (Wildman–Crippen MR) is 95.4 cm³/mol. The lowest BCUT2D eigenvalue weighted by molar-refractivity contribution is 0.235. The lowest BCUT2D eigenvalue weighted by Gasteiger charge is -2.51. The lowest BCUT2D eigenvalue weighted by Crippen LogP contribution is -2.39. The molecule has 1 unspecified atom stereocenters. The van der Waals surface area contributed by atoms with Gasteiger partial charge in [-0.15, -0.1) is 0 Å². The SMILES string of the molecule is CNCCCC1Oc2ccccc2N(c2ccccc2)S1(O)O. The Hall–Kier alpha value is -1.73. The van der Waals surface area contributed by atoms with E-state index in [2.05, 4.69) is 5.32 Å². The van der Waals surface area contributed by atoms with Crippen LogP contribution in [0.5, 0.6) is 5.75 Å². The van der Waals surface area contributed by atoms with Crippen molar-refractivity contribution in [3.8, 4) is 5.75 Å². The first-order valence-electron chi connectivity index (χ1n) is 7.67. The van der Waals surface area contributed by atoms with E-state index in [9.17, 15) is 9.11 Å². The van der Waals surface area contributed by atoms with Gasteiger partial charge >= 0.3 is 0 Å². The Morgan fingerprint density at radius 1 is 1.09 bits per heavy atom. The number of hydrogen-bond acceptors (Lipinski definition) is 5. The summed E-state index contributed by atoms with van der Waals surface area (Å²) in [5.74, 6) is 0.678. The molecule has 1 aliphatic rings. The van der Waals surface area contributed by atoms with E-state index in [1.165, 1.54) is 0 Å². The maximum Gasteiger partial charge on any atom is 0.206 e. The van der Waals surface area contributed by atoms with Crippen LogP contribution >= 0.6 is 10.8 Å². The summed E-state index contributed by atoms with van der Waals surface area (Å²) in [5, 5.41) is 3.07. The Bertz CT molecular complexity index is 651. The zero-order valence-electron chi connectivity index (χ0n) is 13.1. The molecule has 0 spiro atoms. The molecule has 23 heavy (non-hydrogen) atoms. The second-order valence-electron chi connectivity index (χ2n) is 5.45. The molecule has 0 bridgehead atoms. The van der Waals surface area contributed by atoms with Crippen molar-refractivity contribution in [2.24, 2.45) is 0 Å². The Morgan fingerprint density at radius 3 is 2.52 bits per heavy atom. The van der Waals surface area contributed by atoms with Crippen molar-refractivity contribution in [1.29, 1.82) is 0 Å². The number of hydrogen-bond donors (Lipinski definition) is 3. The highest BCUT2D eigenvalue weighted by atomic mass is 32.3. The average molecular weight is 334 g/mol. The molecule has 3 rings (SSSR count). The van der Waals surface area contributed by atoms with Crippen LogP contribution in [0.25, 0.3) is 0 Å². The van der Waals surface area contributed by atoms with Crippen LogP contribution in [0, 0.1) is 0 Å². The molecule has 1 atom stereocenters. The third-order valence-electron chi connectivity index (χ3n) is 3.82. The molecule has 3 N–H and O–H groups in total. The van der Waals surface area contributed by atoms with E-state index in [-0.39, 0.29) is 0 Å². The maximum absolute atomic E-state index is 10.9. The molecule has 0 saturated heterocycles. The average Bonchev–Trinajstić information content (AvgIpc) is 2.56. The van der Waals surface area contributed by atoms with Gasteiger partial charge in [-0.25, -0.2) is 4.31 Å². The molecule has 0 aliphatic carbocycles. The van der Waals surface area contributed by atoms with Gasteiger partial charge in [0.25, 0.3) is 0 Å². The molecule has 0 aromatic heterocycles. The minimum absolute atomic E-state index is 0.570. The van der Waals surface area contributed by atoms with Crippen molar-refractivity contribution in [3.05, 3.63) is 54.6 Å². The smallest absolute Gasteiger partial charge is 0.206 e. The van der Waals surface area contributed by atoms with E-state index in [0.717, 1.165) is 18.7 Å². The number of nitrogens with one attached hydrogen (secondary N) is 1. The van der Waals surface area contributed by atoms with E-state index in [1.807, 2.05) is 61.6 Å². The zero-order chi connectivity index (χ0) is 16.3. The summed E-state index contributed by atoms with van der Waals surface area (Å²) in [7, 11) is -1.25. The van der Waals surface area contributed by atoms with Gasteiger partial charge in [-0.1, -0.05) is 41.1 Å². The van der Waals surface area contributed by atoms with Gasteiger partial charge in [-0.3, -0.25) is 9.11 Å². The van der Waals surface area contributed by atoms with Crippen molar-refractivity contribution in [3.63, 3.8) is 0 Å². The molecule has 1 aliphatic heterocycles. The first-order chi connectivity index (χ1) is 11.1. The van der Waals surface area contributed by atoms with Crippen LogP contribution in [-0.2, 0) is 0 Å². The Kier molecular flexibility index (Phi) is 4.77. The fourth-order valence-corrected chi connectivity index (χ4v) is 4.54. The number of para-hydroxylation sites is 3. The van der Waals surface area contributed by atoms with E-state index in [4.69, 9.17) is 4.74 Å². The Morgan fingerprint density at radius 2 is 1.78 bits per heavy atom. The number of rotatable bonds is 5. The van der Waals surface area contributed by atoms with Crippen LogP contribution in [0.15, 0.2) is 54.6 Å². The first kappa shape index (κ1) is 16.1. The van der Waals surface area contributed by atoms with Crippen LogP contribution in [-0.4, -0.2) is 28.1 Å². The number of benzene rings is 2. The summed E-state index contributed by atoms with van der Waals surface area (Å²) < 4.78 is 29.4. The van der Waals surface area contributed by atoms with Crippen molar-refractivity contribution in [1.82, 2.24) is 5.32 Å². The normalized spacial score (nSPS) is 20.5. The fraction of sp³-hybridized carbons (Fsp3) is 0.294. The second kappa shape index (κ2) is 6.80. The number of ether oxygens (including phenoxy) is 1. The molecule has 0 saturated carbocycles. The molecular weight excluding hydrogens is 312 g/mol. The highest BCUT2D eigenvalue weighted by molar-refractivity contribution is 8.26. The number of fused-ring (bicyclic) bond motifs is 1. The van der Waals surface area contributed by atoms with Gasteiger partial charge in [-0.2, -0.15) is 0 Å². The molecule has 6 heteroatoms. The summed E-state index contributed by atoms with van der Waals surface area (Å²) in [5.41, 5.74) is 0.788. The van der Waals surface area contributed by atoms with Crippen LogP contribution in [0.3, 0.4) is 0 Å². The molecule has 0 radical (unpaired) electrons. The first-order valence-corrected chi connectivity index (χ1v) is 9.24. The van der Waals surface area contributed by atoms with Gasteiger partial charge in [0.1, 0.15) is 11.4 Å². The van der Waals surface area contributed by atoms with Gasteiger partial charge in [0.2, 0.25) is 5.44 Å². The minimum Gasteiger partial charge on any atom is -0.467 e. The molecule has 1 heterocycles. The standard InChI is InChI=1S/C17H22N2O3S/c1-18-13-7-12-17-22-16-11-6-5-10-15(16)19(23(17,20)21)14-8-3-2-4-9-14/h2-6,8-11,17-18,20-21H,7,12-13H2,1H3. The lowest BCUT2D eigenvalue weighted by atomic mass is 10.2. The fourth-order valence-electron chi connectivity index (χ4n) is 2.71. The highest BCUT2D eigenvalue weighted by Gasteiger charge is 2.40. The van der Waals surface area contributed by atoms with E-state index in [1.54, 1.807) is 4.31 Å². The topological polar surface area (TPSA) is 65.0 Å². The van der Waals surface area contributed by atoms with Crippen LogP contribution < -0.4 is 14.4 Å². The largest absolute Gasteiger partial charge is 0.467 e. The van der Waals surface area contributed by atoms with Gasteiger partial charge < -0.3 is 10.1 Å². The molecule has 0 fully saturated rings. The molecular formula is C17H22N2O3S. The maximum atomic E-state index is 10.9. The van der Waals surface area contributed by atoms with Gasteiger partial charge in [-0.05, 0) is 44.3 Å². The van der Waals surface area contributed by atoms with Crippen LogP contribution in [0.4, 0.5) is 11.4 Å². The molecule has 124 valence electrons. The summed E-state index contributed by atoms with van der Waals surface area (Å²) in [6.07, 6.45) is 1.38. The third-order valence-corrected chi connectivity index (χ3v) is 5.80. The highest BCUT2D eigenvalue weighted by Crippen LogP contribution is 2.61. The van der Waals surface area contributed by atoms with E-state index < -0.39 is 16.2 Å².